The largest absolute Gasteiger partial charge is 0.385 e. The number of hydrogen-bond donors (Lipinski definition) is 1. The van der Waals surface area contributed by atoms with Crippen molar-refractivity contribution in [2.75, 3.05) is 0 Å². The van der Waals surface area contributed by atoms with E-state index in [1.54, 1.807) is 0 Å². The van der Waals surface area contributed by atoms with Crippen molar-refractivity contribution >= 4 is 0 Å². The molecule has 1 nitrogen and oxygen atoms in total. The lowest BCUT2D eigenvalue weighted by atomic mass is 9.87. The SMILES string of the molecule is Cc1cc(C)cc(C(C)(O)C2CC2c2ccccc2)c1. The predicted molar refractivity (Wildman–Crippen MR) is 82.8 cm³/mol. The van der Waals surface area contributed by atoms with E-state index in [9.17, 15) is 5.11 Å². The van der Waals surface area contributed by atoms with Gasteiger partial charge in [-0.05, 0) is 50.2 Å². The molecular formula is C19H22O. The highest BCUT2D eigenvalue weighted by molar-refractivity contribution is 5.36. The van der Waals surface area contributed by atoms with Gasteiger partial charge in [-0.1, -0.05) is 59.7 Å². The summed E-state index contributed by atoms with van der Waals surface area (Å²) in [7, 11) is 0. The Balaban J connectivity index is 1.87. The van der Waals surface area contributed by atoms with Gasteiger partial charge in [-0.3, -0.25) is 0 Å². The molecule has 1 saturated carbocycles. The van der Waals surface area contributed by atoms with E-state index in [1.807, 2.05) is 13.0 Å². The van der Waals surface area contributed by atoms with E-state index in [-0.39, 0.29) is 0 Å². The first-order chi connectivity index (χ1) is 9.48. The Morgan fingerprint density at radius 3 is 2.20 bits per heavy atom. The second kappa shape index (κ2) is 4.75. The van der Waals surface area contributed by atoms with Crippen molar-refractivity contribution in [2.24, 2.45) is 5.92 Å². The van der Waals surface area contributed by atoms with Crippen LogP contribution in [0.1, 0.15) is 41.5 Å². The number of rotatable bonds is 3. The Kier molecular flexibility index (Phi) is 3.18. The summed E-state index contributed by atoms with van der Waals surface area (Å²) in [5.74, 6) is 0.818. The van der Waals surface area contributed by atoms with Crippen LogP contribution in [-0.4, -0.2) is 5.11 Å². The van der Waals surface area contributed by atoms with E-state index >= 15 is 0 Å². The first kappa shape index (κ1) is 13.4. The summed E-state index contributed by atoms with van der Waals surface area (Å²) in [6.45, 7) is 6.15. The molecule has 0 heterocycles. The first-order valence-corrected chi connectivity index (χ1v) is 7.34. The zero-order valence-electron chi connectivity index (χ0n) is 12.4. The zero-order chi connectivity index (χ0) is 14.3. The Morgan fingerprint density at radius 1 is 1.00 bits per heavy atom. The summed E-state index contributed by atoms with van der Waals surface area (Å²) in [5, 5.41) is 11.0. The van der Waals surface area contributed by atoms with Crippen molar-refractivity contribution in [1.29, 1.82) is 0 Å². The molecule has 0 bridgehead atoms. The molecule has 0 saturated heterocycles. The van der Waals surface area contributed by atoms with Crippen LogP contribution in [0.2, 0.25) is 0 Å². The van der Waals surface area contributed by atoms with Gasteiger partial charge in [0.05, 0.1) is 5.60 Å². The number of aliphatic hydroxyl groups is 1. The summed E-state index contributed by atoms with van der Waals surface area (Å²) in [5.41, 5.74) is 4.10. The first-order valence-electron chi connectivity index (χ1n) is 7.34. The van der Waals surface area contributed by atoms with E-state index in [2.05, 4.69) is 56.3 Å². The second-order valence-electron chi connectivity index (χ2n) is 6.38. The molecule has 0 aromatic heterocycles. The van der Waals surface area contributed by atoms with Gasteiger partial charge >= 0.3 is 0 Å². The third-order valence-corrected chi connectivity index (χ3v) is 4.55. The second-order valence-corrected chi connectivity index (χ2v) is 6.38. The van der Waals surface area contributed by atoms with Crippen LogP contribution in [0.3, 0.4) is 0 Å². The average molecular weight is 266 g/mol. The minimum absolute atomic E-state index is 0.325. The molecule has 0 aliphatic heterocycles. The van der Waals surface area contributed by atoms with Crippen molar-refractivity contribution in [3.63, 3.8) is 0 Å². The molecule has 2 aromatic rings. The monoisotopic (exact) mass is 266 g/mol. The van der Waals surface area contributed by atoms with Gasteiger partial charge in [0, 0.05) is 0 Å². The lowest BCUT2D eigenvalue weighted by molar-refractivity contribution is 0.0308. The van der Waals surface area contributed by atoms with Crippen molar-refractivity contribution in [2.45, 2.75) is 38.7 Å². The van der Waals surface area contributed by atoms with Crippen LogP contribution in [0.5, 0.6) is 0 Å². The highest BCUT2D eigenvalue weighted by Gasteiger charge is 2.50. The summed E-state index contributed by atoms with van der Waals surface area (Å²) in [6, 6.07) is 16.9. The quantitative estimate of drug-likeness (QED) is 0.877. The molecule has 0 radical (unpaired) electrons. The van der Waals surface area contributed by atoms with Gasteiger partial charge < -0.3 is 5.11 Å². The normalized spacial score (nSPS) is 24.2. The molecule has 1 aliphatic carbocycles. The van der Waals surface area contributed by atoms with Crippen LogP contribution in [-0.2, 0) is 5.60 Å². The topological polar surface area (TPSA) is 20.2 Å². The number of aryl methyl sites for hydroxylation is 2. The lowest BCUT2D eigenvalue weighted by Gasteiger charge is -2.25. The van der Waals surface area contributed by atoms with Crippen LogP contribution in [0.25, 0.3) is 0 Å². The molecular weight excluding hydrogens is 244 g/mol. The number of benzene rings is 2. The molecule has 20 heavy (non-hydrogen) atoms. The van der Waals surface area contributed by atoms with E-state index in [4.69, 9.17) is 0 Å². The summed E-state index contributed by atoms with van der Waals surface area (Å²) in [6.07, 6.45) is 1.07. The van der Waals surface area contributed by atoms with Crippen LogP contribution < -0.4 is 0 Å². The van der Waals surface area contributed by atoms with Crippen LogP contribution >= 0.6 is 0 Å². The molecule has 104 valence electrons. The molecule has 1 N–H and O–H groups in total. The molecule has 3 rings (SSSR count). The minimum Gasteiger partial charge on any atom is -0.385 e. The third kappa shape index (κ3) is 2.38. The third-order valence-electron chi connectivity index (χ3n) is 4.55. The Morgan fingerprint density at radius 2 is 1.60 bits per heavy atom. The maximum absolute atomic E-state index is 11.0. The molecule has 3 unspecified atom stereocenters. The summed E-state index contributed by atoms with van der Waals surface area (Å²) < 4.78 is 0. The van der Waals surface area contributed by atoms with Crippen molar-refractivity contribution in [3.05, 3.63) is 70.8 Å². The van der Waals surface area contributed by atoms with Crippen molar-refractivity contribution < 1.29 is 5.11 Å². The minimum atomic E-state index is -0.739. The molecule has 1 aliphatic rings. The summed E-state index contributed by atoms with van der Waals surface area (Å²) in [4.78, 5) is 0. The fourth-order valence-electron chi connectivity index (χ4n) is 3.37. The van der Waals surface area contributed by atoms with Gasteiger partial charge in [0.2, 0.25) is 0 Å². The maximum Gasteiger partial charge on any atom is 0.0902 e. The predicted octanol–water partition coefficient (Wildman–Crippen LogP) is 4.31. The molecule has 1 fully saturated rings. The van der Waals surface area contributed by atoms with Crippen molar-refractivity contribution in [3.8, 4) is 0 Å². The summed E-state index contributed by atoms with van der Waals surface area (Å²) >= 11 is 0. The molecule has 2 aromatic carbocycles. The fraction of sp³-hybridized carbons (Fsp3) is 0.368. The van der Waals surface area contributed by atoms with E-state index < -0.39 is 5.60 Å². The van der Waals surface area contributed by atoms with Gasteiger partial charge in [-0.2, -0.15) is 0 Å². The Hall–Kier alpha value is -1.60. The van der Waals surface area contributed by atoms with Crippen molar-refractivity contribution in [1.82, 2.24) is 0 Å². The van der Waals surface area contributed by atoms with Gasteiger partial charge in [-0.25, -0.2) is 0 Å². The number of hydrogen-bond acceptors (Lipinski definition) is 1. The Labute approximate surface area is 121 Å². The van der Waals surface area contributed by atoms with Gasteiger partial charge in [0.15, 0.2) is 0 Å². The fourth-order valence-corrected chi connectivity index (χ4v) is 3.37. The van der Waals surface area contributed by atoms with Gasteiger partial charge in [0.25, 0.3) is 0 Å². The highest BCUT2D eigenvalue weighted by atomic mass is 16.3. The van der Waals surface area contributed by atoms with E-state index in [0.717, 1.165) is 12.0 Å². The maximum atomic E-state index is 11.0. The smallest absolute Gasteiger partial charge is 0.0902 e. The van der Waals surface area contributed by atoms with Crippen LogP contribution in [0, 0.1) is 19.8 Å². The van der Waals surface area contributed by atoms with Crippen LogP contribution in [0.15, 0.2) is 48.5 Å². The average Bonchev–Trinajstić information content (AvgIpc) is 3.19. The van der Waals surface area contributed by atoms with E-state index in [0.29, 0.717) is 11.8 Å². The standard InChI is InChI=1S/C19H22O/c1-13-9-14(2)11-16(10-13)19(3,20)18-12-17(18)15-7-5-4-6-8-15/h4-11,17-18,20H,12H2,1-3H3. The molecule has 1 heteroatoms. The lowest BCUT2D eigenvalue weighted by Crippen LogP contribution is -2.25. The molecule has 0 spiro atoms. The molecule has 3 atom stereocenters. The van der Waals surface area contributed by atoms with E-state index in [1.165, 1.54) is 16.7 Å². The van der Waals surface area contributed by atoms with Gasteiger partial charge in [0.1, 0.15) is 0 Å². The van der Waals surface area contributed by atoms with Gasteiger partial charge in [-0.15, -0.1) is 0 Å². The zero-order valence-corrected chi connectivity index (χ0v) is 12.4. The molecule has 0 amide bonds. The van der Waals surface area contributed by atoms with Crippen LogP contribution in [0.4, 0.5) is 0 Å². The Bertz CT molecular complexity index is 593. The highest BCUT2D eigenvalue weighted by Crippen LogP contribution is 2.56.